The summed E-state index contributed by atoms with van der Waals surface area (Å²) in [4.78, 5) is 4.03. The quantitative estimate of drug-likeness (QED) is 0.900. The van der Waals surface area contributed by atoms with E-state index in [9.17, 15) is 0 Å². The van der Waals surface area contributed by atoms with Gasteiger partial charge in [-0.1, -0.05) is 41.1 Å². The molecule has 0 amide bonds. The van der Waals surface area contributed by atoms with Crippen LogP contribution in [0.1, 0.15) is 30.5 Å². The van der Waals surface area contributed by atoms with Crippen LogP contribution in [-0.2, 0) is 6.54 Å². The SMILES string of the molecule is CC[C@@H](NCc1ccncc1)c1ccccc1Br. The van der Waals surface area contributed by atoms with Crippen molar-refractivity contribution in [3.05, 3.63) is 64.4 Å². The van der Waals surface area contributed by atoms with Crippen LogP contribution in [0.2, 0.25) is 0 Å². The molecule has 1 aromatic carbocycles. The molecule has 18 heavy (non-hydrogen) atoms. The van der Waals surface area contributed by atoms with Crippen LogP contribution in [0.15, 0.2) is 53.3 Å². The van der Waals surface area contributed by atoms with E-state index in [-0.39, 0.29) is 0 Å². The number of aromatic nitrogens is 1. The molecule has 2 rings (SSSR count). The van der Waals surface area contributed by atoms with Crippen LogP contribution in [0.5, 0.6) is 0 Å². The molecular weight excluding hydrogens is 288 g/mol. The summed E-state index contributed by atoms with van der Waals surface area (Å²) in [5.74, 6) is 0. The van der Waals surface area contributed by atoms with Crippen molar-refractivity contribution in [2.24, 2.45) is 0 Å². The molecule has 0 saturated heterocycles. The standard InChI is InChI=1S/C15H17BrN2/c1-2-15(13-5-3-4-6-14(13)16)18-11-12-7-9-17-10-8-12/h3-10,15,18H,2,11H2,1H3/t15-/m1/s1. The van der Waals surface area contributed by atoms with E-state index in [1.165, 1.54) is 15.6 Å². The minimum Gasteiger partial charge on any atom is -0.306 e. The molecular formula is C15H17BrN2. The van der Waals surface area contributed by atoms with Crippen molar-refractivity contribution in [2.45, 2.75) is 25.9 Å². The Kier molecular flexibility index (Phi) is 4.90. The monoisotopic (exact) mass is 304 g/mol. The number of nitrogens with one attached hydrogen (secondary N) is 1. The predicted octanol–water partition coefficient (Wildman–Crippen LogP) is 4.09. The van der Waals surface area contributed by atoms with Crippen molar-refractivity contribution in [3.63, 3.8) is 0 Å². The van der Waals surface area contributed by atoms with E-state index in [1.807, 2.05) is 30.6 Å². The van der Waals surface area contributed by atoms with E-state index < -0.39 is 0 Å². The Labute approximate surface area is 117 Å². The summed E-state index contributed by atoms with van der Waals surface area (Å²) in [6.45, 7) is 3.06. The summed E-state index contributed by atoms with van der Waals surface area (Å²) in [5.41, 5.74) is 2.57. The molecule has 0 spiro atoms. The number of hydrogen-bond acceptors (Lipinski definition) is 2. The average molecular weight is 305 g/mol. The maximum atomic E-state index is 4.03. The van der Waals surface area contributed by atoms with E-state index in [0.717, 1.165) is 13.0 Å². The van der Waals surface area contributed by atoms with Crippen molar-refractivity contribution in [1.82, 2.24) is 10.3 Å². The lowest BCUT2D eigenvalue weighted by molar-refractivity contribution is 0.517. The first-order chi connectivity index (χ1) is 8.81. The molecule has 0 saturated carbocycles. The van der Waals surface area contributed by atoms with Crippen LogP contribution in [0.25, 0.3) is 0 Å². The van der Waals surface area contributed by atoms with Gasteiger partial charge in [-0.25, -0.2) is 0 Å². The lowest BCUT2D eigenvalue weighted by Crippen LogP contribution is -2.20. The number of nitrogens with zero attached hydrogens (tertiary/aromatic N) is 1. The zero-order valence-electron chi connectivity index (χ0n) is 10.4. The molecule has 94 valence electrons. The molecule has 2 aromatic rings. The van der Waals surface area contributed by atoms with E-state index in [1.54, 1.807) is 0 Å². The first kappa shape index (κ1) is 13.2. The smallest absolute Gasteiger partial charge is 0.0331 e. The number of rotatable bonds is 5. The van der Waals surface area contributed by atoms with Gasteiger partial charge in [0.05, 0.1) is 0 Å². The molecule has 0 aliphatic heterocycles. The van der Waals surface area contributed by atoms with Crippen molar-refractivity contribution in [3.8, 4) is 0 Å². The van der Waals surface area contributed by atoms with Gasteiger partial charge in [-0.2, -0.15) is 0 Å². The van der Waals surface area contributed by atoms with E-state index in [0.29, 0.717) is 6.04 Å². The molecule has 3 heteroatoms. The van der Waals surface area contributed by atoms with Gasteiger partial charge in [0.15, 0.2) is 0 Å². The van der Waals surface area contributed by atoms with Crippen molar-refractivity contribution < 1.29 is 0 Å². The second-order valence-corrected chi connectivity index (χ2v) is 5.07. The molecule has 0 fully saturated rings. The fourth-order valence-electron chi connectivity index (χ4n) is 1.97. The highest BCUT2D eigenvalue weighted by atomic mass is 79.9. The number of hydrogen-bond donors (Lipinski definition) is 1. The van der Waals surface area contributed by atoms with Gasteiger partial charge in [0.1, 0.15) is 0 Å². The molecule has 0 aliphatic rings. The van der Waals surface area contributed by atoms with E-state index >= 15 is 0 Å². The Bertz CT molecular complexity index is 485. The van der Waals surface area contributed by atoms with Gasteiger partial charge in [0.2, 0.25) is 0 Å². The van der Waals surface area contributed by atoms with E-state index in [2.05, 4.69) is 51.4 Å². The minimum absolute atomic E-state index is 0.369. The summed E-state index contributed by atoms with van der Waals surface area (Å²) in [5, 5.41) is 3.59. The lowest BCUT2D eigenvalue weighted by atomic mass is 10.0. The maximum absolute atomic E-state index is 4.03. The average Bonchev–Trinajstić information content (AvgIpc) is 2.42. The van der Waals surface area contributed by atoms with Crippen LogP contribution in [0.4, 0.5) is 0 Å². The van der Waals surface area contributed by atoms with Gasteiger partial charge in [-0.15, -0.1) is 0 Å². The number of benzene rings is 1. The molecule has 0 aliphatic carbocycles. The van der Waals surface area contributed by atoms with E-state index in [4.69, 9.17) is 0 Å². The van der Waals surface area contributed by atoms with Crippen LogP contribution in [-0.4, -0.2) is 4.98 Å². The molecule has 0 radical (unpaired) electrons. The second kappa shape index (κ2) is 6.66. The van der Waals surface area contributed by atoms with Crippen molar-refractivity contribution >= 4 is 15.9 Å². The van der Waals surface area contributed by atoms with Gasteiger partial charge in [-0.05, 0) is 35.7 Å². The molecule has 1 heterocycles. The Balaban J connectivity index is 2.04. The zero-order chi connectivity index (χ0) is 12.8. The van der Waals surface area contributed by atoms with Gasteiger partial charge in [-0.3, -0.25) is 4.98 Å². The third-order valence-electron chi connectivity index (χ3n) is 2.99. The summed E-state index contributed by atoms with van der Waals surface area (Å²) >= 11 is 3.61. The highest BCUT2D eigenvalue weighted by molar-refractivity contribution is 9.10. The summed E-state index contributed by atoms with van der Waals surface area (Å²) in [7, 11) is 0. The first-order valence-electron chi connectivity index (χ1n) is 6.18. The Morgan fingerprint density at radius 3 is 2.56 bits per heavy atom. The lowest BCUT2D eigenvalue weighted by Gasteiger charge is -2.18. The molecule has 1 N–H and O–H groups in total. The molecule has 1 aromatic heterocycles. The largest absolute Gasteiger partial charge is 0.306 e. The van der Waals surface area contributed by atoms with Crippen LogP contribution in [0.3, 0.4) is 0 Å². The van der Waals surface area contributed by atoms with Crippen LogP contribution < -0.4 is 5.32 Å². The fourth-order valence-corrected chi connectivity index (χ4v) is 2.53. The summed E-state index contributed by atoms with van der Waals surface area (Å²) in [6, 6.07) is 12.8. The van der Waals surface area contributed by atoms with Crippen LogP contribution >= 0.6 is 15.9 Å². The zero-order valence-corrected chi connectivity index (χ0v) is 12.0. The highest BCUT2D eigenvalue weighted by Gasteiger charge is 2.11. The third kappa shape index (κ3) is 3.40. The third-order valence-corrected chi connectivity index (χ3v) is 3.71. The Morgan fingerprint density at radius 2 is 1.89 bits per heavy atom. The van der Waals surface area contributed by atoms with Gasteiger partial charge < -0.3 is 5.32 Å². The Hall–Kier alpha value is -1.19. The predicted molar refractivity (Wildman–Crippen MR) is 78.3 cm³/mol. The van der Waals surface area contributed by atoms with Gasteiger partial charge in [0, 0.05) is 29.5 Å². The summed E-state index contributed by atoms with van der Waals surface area (Å²) in [6.07, 6.45) is 4.72. The fraction of sp³-hybridized carbons (Fsp3) is 0.267. The molecule has 0 bridgehead atoms. The first-order valence-corrected chi connectivity index (χ1v) is 6.97. The minimum atomic E-state index is 0.369. The van der Waals surface area contributed by atoms with Gasteiger partial charge in [0.25, 0.3) is 0 Å². The van der Waals surface area contributed by atoms with Gasteiger partial charge >= 0.3 is 0 Å². The maximum Gasteiger partial charge on any atom is 0.0331 e. The topological polar surface area (TPSA) is 24.9 Å². The molecule has 2 nitrogen and oxygen atoms in total. The van der Waals surface area contributed by atoms with Crippen molar-refractivity contribution in [2.75, 3.05) is 0 Å². The Morgan fingerprint density at radius 1 is 1.17 bits per heavy atom. The highest BCUT2D eigenvalue weighted by Crippen LogP contribution is 2.25. The second-order valence-electron chi connectivity index (χ2n) is 4.22. The molecule has 0 unspecified atom stereocenters. The molecule has 1 atom stereocenters. The normalized spacial score (nSPS) is 12.3. The summed E-state index contributed by atoms with van der Waals surface area (Å²) < 4.78 is 1.17. The van der Waals surface area contributed by atoms with Crippen LogP contribution in [0, 0.1) is 0 Å². The van der Waals surface area contributed by atoms with Crippen molar-refractivity contribution in [1.29, 1.82) is 0 Å². The number of pyridine rings is 1. The number of halogens is 1.